The predicted molar refractivity (Wildman–Crippen MR) is 112 cm³/mol. The van der Waals surface area contributed by atoms with Gasteiger partial charge in [0.2, 0.25) is 0 Å². The van der Waals surface area contributed by atoms with Crippen molar-refractivity contribution in [3.63, 3.8) is 0 Å². The predicted octanol–water partition coefficient (Wildman–Crippen LogP) is 2.96. The van der Waals surface area contributed by atoms with Crippen LogP contribution in [-0.2, 0) is 6.54 Å². The fourth-order valence-corrected chi connectivity index (χ4v) is 4.53. The van der Waals surface area contributed by atoms with Crippen LogP contribution in [0.5, 0.6) is 0 Å². The van der Waals surface area contributed by atoms with Crippen LogP contribution in [0.15, 0.2) is 17.1 Å². The number of hydrogen-bond acceptors (Lipinski definition) is 4. The van der Waals surface area contributed by atoms with Crippen molar-refractivity contribution in [2.24, 2.45) is 0 Å². The molecule has 2 N–H and O–H groups in total. The van der Waals surface area contributed by atoms with Crippen molar-refractivity contribution >= 4 is 5.91 Å². The highest BCUT2D eigenvalue weighted by molar-refractivity contribution is 5.95. The normalized spacial score (nSPS) is 20.5. The van der Waals surface area contributed by atoms with Gasteiger partial charge in [0, 0.05) is 30.0 Å². The van der Waals surface area contributed by atoms with Crippen LogP contribution in [0, 0.1) is 20.8 Å². The molecule has 158 valence electrons. The second-order valence-corrected chi connectivity index (χ2v) is 8.14. The van der Waals surface area contributed by atoms with E-state index in [0.717, 1.165) is 36.3 Å². The molecule has 1 amide bonds. The minimum absolute atomic E-state index is 0.0303. The molecule has 1 atom stereocenters. The van der Waals surface area contributed by atoms with Crippen LogP contribution in [0.2, 0.25) is 0 Å². The van der Waals surface area contributed by atoms with Gasteiger partial charge < -0.3 is 15.0 Å². The van der Waals surface area contributed by atoms with E-state index in [1.807, 2.05) is 38.4 Å². The summed E-state index contributed by atoms with van der Waals surface area (Å²) in [5.74, 6) is -0.353. The SMILES string of the molecule is CCn1nc(C)c(C(C)NC(=O)c2c(C)ccn(C3CCC(O)CC3)c2=O)c1C. The molecule has 0 spiro atoms. The lowest BCUT2D eigenvalue weighted by molar-refractivity contribution is 0.0933. The Kier molecular flexibility index (Phi) is 6.27. The van der Waals surface area contributed by atoms with Crippen molar-refractivity contribution in [1.82, 2.24) is 19.7 Å². The zero-order valence-corrected chi connectivity index (χ0v) is 18.0. The second-order valence-electron chi connectivity index (χ2n) is 8.14. The molecule has 0 bridgehead atoms. The van der Waals surface area contributed by atoms with Crippen molar-refractivity contribution in [2.75, 3.05) is 0 Å². The van der Waals surface area contributed by atoms with Gasteiger partial charge in [-0.1, -0.05) is 0 Å². The molecule has 2 aromatic heterocycles. The Hall–Kier alpha value is -2.41. The van der Waals surface area contributed by atoms with E-state index in [2.05, 4.69) is 10.4 Å². The largest absolute Gasteiger partial charge is 0.393 e. The summed E-state index contributed by atoms with van der Waals surface area (Å²) in [5, 5.41) is 17.3. The minimum atomic E-state index is -0.353. The van der Waals surface area contributed by atoms with Gasteiger partial charge in [-0.25, -0.2) is 0 Å². The number of rotatable bonds is 5. The van der Waals surface area contributed by atoms with Crippen LogP contribution < -0.4 is 10.9 Å². The second kappa shape index (κ2) is 8.53. The van der Waals surface area contributed by atoms with Gasteiger partial charge in [-0.15, -0.1) is 0 Å². The lowest BCUT2D eigenvalue weighted by Crippen LogP contribution is -2.37. The zero-order chi connectivity index (χ0) is 21.3. The molecule has 1 unspecified atom stereocenters. The van der Waals surface area contributed by atoms with E-state index in [1.54, 1.807) is 17.7 Å². The van der Waals surface area contributed by atoms with Crippen LogP contribution in [0.3, 0.4) is 0 Å². The molecule has 2 aromatic rings. The van der Waals surface area contributed by atoms with Crippen LogP contribution in [0.25, 0.3) is 0 Å². The van der Waals surface area contributed by atoms with Gasteiger partial charge in [0.1, 0.15) is 5.56 Å². The topological polar surface area (TPSA) is 89.2 Å². The fraction of sp³-hybridized carbons (Fsp3) is 0.591. The molecule has 1 aliphatic rings. The molecule has 7 heteroatoms. The highest BCUT2D eigenvalue weighted by atomic mass is 16.3. The molecule has 1 fully saturated rings. The molecule has 0 radical (unpaired) electrons. The van der Waals surface area contributed by atoms with Crippen molar-refractivity contribution < 1.29 is 9.90 Å². The summed E-state index contributed by atoms with van der Waals surface area (Å²) in [7, 11) is 0. The standard InChI is InChI=1S/C22H32N4O3/c1-6-26-16(5)20(15(4)24-26)14(3)23-21(28)19-13(2)11-12-25(22(19)29)17-7-9-18(27)10-8-17/h11-12,14,17-18,27H,6-10H2,1-5H3,(H,23,28). The first kappa shape index (κ1) is 21.3. The lowest BCUT2D eigenvalue weighted by atomic mass is 9.92. The third kappa shape index (κ3) is 4.15. The van der Waals surface area contributed by atoms with E-state index in [1.165, 1.54) is 0 Å². The average Bonchev–Trinajstić information content (AvgIpc) is 2.96. The summed E-state index contributed by atoms with van der Waals surface area (Å²) >= 11 is 0. The van der Waals surface area contributed by atoms with E-state index in [0.29, 0.717) is 18.4 Å². The number of aliphatic hydroxyl groups excluding tert-OH is 1. The van der Waals surface area contributed by atoms with Gasteiger partial charge in [-0.2, -0.15) is 5.10 Å². The van der Waals surface area contributed by atoms with Crippen molar-refractivity contribution in [2.45, 2.75) is 85.0 Å². The number of nitrogens with zero attached hydrogens (tertiary/aromatic N) is 3. The Bertz CT molecular complexity index is 952. The number of nitrogens with one attached hydrogen (secondary N) is 1. The highest BCUT2D eigenvalue weighted by Crippen LogP contribution is 2.28. The Morgan fingerprint density at radius 2 is 1.93 bits per heavy atom. The van der Waals surface area contributed by atoms with E-state index in [4.69, 9.17) is 0 Å². The molecular formula is C22H32N4O3. The van der Waals surface area contributed by atoms with Gasteiger partial charge in [0.25, 0.3) is 11.5 Å². The molecule has 1 saturated carbocycles. The Balaban J connectivity index is 1.87. The summed E-state index contributed by atoms with van der Waals surface area (Å²) in [5.41, 5.74) is 3.53. The van der Waals surface area contributed by atoms with Crippen molar-refractivity contribution in [3.05, 3.63) is 50.7 Å². The van der Waals surface area contributed by atoms with Gasteiger partial charge >= 0.3 is 0 Å². The lowest BCUT2D eigenvalue weighted by Gasteiger charge is -2.27. The van der Waals surface area contributed by atoms with Crippen LogP contribution in [0.1, 0.15) is 84.5 Å². The van der Waals surface area contributed by atoms with Gasteiger partial charge in [0.15, 0.2) is 0 Å². The molecule has 0 aromatic carbocycles. The summed E-state index contributed by atoms with van der Waals surface area (Å²) < 4.78 is 3.59. The number of hydrogen-bond donors (Lipinski definition) is 2. The van der Waals surface area contributed by atoms with E-state index in [-0.39, 0.29) is 35.2 Å². The maximum Gasteiger partial charge on any atom is 0.263 e. The highest BCUT2D eigenvalue weighted by Gasteiger charge is 2.26. The summed E-state index contributed by atoms with van der Waals surface area (Å²) in [6, 6.07) is 1.61. The Morgan fingerprint density at radius 1 is 1.28 bits per heavy atom. The number of carbonyl (C=O) groups is 1. The Morgan fingerprint density at radius 3 is 2.52 bits per heavy atom. The minimum Gasteiger partial charge on any atom is -0.393 e. The third-order valence-electron chi connectivity index (χ3n) is 6.13. The maximum atomic E-state index is 13.1. The van der Waals surface area contributed by atoms with Gasteiger partial charge in [-0.3, -0.25) is 14.3 Å². The first-order valence-electron chi connectivity index (χ1n) is 10.5. The van der Waals surface area contributed by atoms with Gasteiger partial charge in [-0.05, 0) is 71.9 Å². The first-order chi connectivity index (χ1) is 13.7. The van der Waals surface area contributed by atoms with E-state index < -0.39 is 0 Å². The van der Waals surface area contributed by atoms with E-state index in [9.17, 15) is 14.7 Å². The van der Waals surface area contributed by atoms with Crippen LogP contribution in [-0.4, -0.2) is 31.5 Å². The summed E-state index contributed by atoms with van der Waals surface area (Å²) in [6.45, 7) is 10.5. The van der Waals surface area contributed by atoms with Crippen LogP contribution >= 0.6 is 0 Å². The van der Waals surface area contributed by atoms with Crippen molar-refractivity contribution in [3.8, 4) is 0 Å². The molecular weight excluding hydrogens is 368 g/mol. The van der Waals surface area contributed by atoms with Gasteiger partial charge in [0.05, 0.1) is 17.8 Å². The fourth-order valence-electron chi connectivity index (χ4n) is 4.53. The Labute approximate surface area is 171 Å². The number of carbonyl (C=O) groups excluding carboxylic acids is 1. The molecule has 1 aliphatic carbocycles. The average molecular weight is 401 g/mol. The summed E-state index contributed by atoms with van der Waals surface area (Å²) in [4.78, 5) is 26.2. The number of pyridine rings is 1. The number of aromatic nitrogens is 3. The first-order valence-corrected chi connectivity index (χ1v) is 10.5. The number of amides is 1. The smallest absolute Gasteiger partial charge is 0.263 e. The third-order valence-corrected chi connectivity index (χ3v) is 6.13. The number of aliphatic hydroxyl groups is 1. The monoisotopic (exact) mass is 400 g/mol. The van der Waals surface area contributed by atoms with E-state index >= 15 is 0 Å². The molecule has 0 saturated heterocycles. The number of aryl methyl sites for hydroxylation is 3. The van der Waals surface area contributed by atoms with Crippen molar-refractivity contribution in [1.29, 1.82) is 0 Å². The maximum absolute atomic E-state index is 13.1. The van der Waals surface area contributed by atoms with Crippen LogP contribution in [0.4, 0.5) is 0 Å². The molecule has 0 aliphatic heterocycles. The molecule has 7 nitrogen and oxygen atoms in total. The molecule has 29 heavy (non-hydrogen) atoms. The molecule has 3 rings (SSSR count). The summed E-state index contributed by atoms with van der Waals surface area (Å²) in [6.07, 6.45) is 4.35. The quantitative estimate of drug-likeness (QED) is 0.808. The molecule has 2 heterocycles. The zero-order valence-electron chi connectivity index (χ0n) is 18.0.